The summed E-state index contributed by atoms with van der Waals surface area (Å²) in [6, 6.07) is 14.8. The summed E-state index contributed by atoms with van der Waals surface area (Å²) < 4.78 is 47.1. The van der Waals surface area contributed by atoms with Crippen molar-refractivity contribution in [3.63, 3.8) is 0 Å². The summed E-state index contributed by atoms with van der Waals surface area (Å²) in [7, 11) is 0. The van der Waals surface area contributed by atoms with Crippen molar-refractivity contribution in [3.8, 4) is 17.2 Å². The van der Waals surface area contributed by atoms with Crippen molar-refractivity contribution in [2.75, 3.05) is 11.1 Å². The third kappa shape index (κ3) is 5.38. The van der Waals surface area contributed by atoms with Crippen LogP contribution in [0.15, 0.2) is 60.7 Å². The quantitative estimate of drug-likeness (QED) is 0.632. The number of alkyl halides is 3. The molecule has 9 heteroatoms. The Morgan fingerprint density at radius 1 is 1.03 bits per heavy atom. The second-order valence-electron chi connectivity index (χ2n) is 5.96. The van der Waals surface area contributed by atoms with E-state index in [-0.39, 0.29) is 22.9 Å². The SMILES string of the molecule is Cc1ccc(C(=O)Nc2cccc(Oc3ccccc3OC(F)(F)F)c2)c(N)n1. The highest BCUT2D eigenvalue weighted by Gasteiger charge is 2.32. The molecule has 0 aliphatic rings. The van der Waals surface area contributed by atoms with Gasteiger partial charge in [-0.25, -0.2) is 4.98 Å². The number of nitrogens with one attached hydrogen (secondary N) is 1. The summed E-state index contributed by atoms with van der Waals surface area (Å²) in [6.45, 7) is 1.75. The average Bonchev–Trinajstić information content (AvgIpc) is 2.62. The van der Waals surface area contributed by atoms with E-state index in [1.165, 1.54) is 30.3 Å². The Kier molecular flexibility index (Phi) is 5.58. The number of para-hydroxylation sites is 2. The summed E-state index contributed by atoms with van der Waals surface area (Å²) in [5.41, 5.74) is 7.01. The zero-order valence-electron chi connectivity index (χ0n) is 15.2. The minimum atomic E-state index is -4.85. The first-order chi connectivity index (χ1) is 13.7. The molecule has 1 aromatic heterocycles. The molecule has 0 spiro atoms. The van der Waals surface area contributed by atoms with Crippen LogP contribution in [0.3, 0.4) is 0 Å². The number of carbonyl (C=O) groups excluding carboxylic acids is 1. The second kappa shape index (κ2) is 8.09. The molecule has 29 heavy (non-hydrogen) atoms. The van der Waals surface area contributed by atoms with E-state index in [1.54, 1.807) is 31.2 Å². The average molecular weight is 403 g/mol. The molecule has 1 heterocycles. The lowest BCUT2D eigenvalue weighted by Crippen LogP contribution is -2.17. The maximum absolute atomic E-state index is 12.5. The fourth-order valence-electron chi connectivity index (χ4n) is 2.48. The molecular formula is C20H16F3N3O3. The van der Waals surface area contributed by atoms with Gasteiger partial charge >= 0.3 is 6.36 Å². The molecule has 2 aromatic carbocycles. The molecule has 1 amide bonds. The predicted molar refractivity (Wildman–Crippen MR) is 101 cm³/mol. The number of amides is 1. The summed E-state index contributed by atoms with van der Waals surface area (Å²) in [5, 5.41) is 2.65. The van der Waals surface area contributed by atoms with Crippen LogP contribution < -0.4 is 20.5 Å². The zero-order chi connectivity index (χ0) is 21.0. The number of carbonyl (C=O) groups is 1. The number of halogens is 3. The molecule has 0 fully saturated rings. The Bertz CT molecular complexity index is 1040. The van der Waals surface area contributed by atoms with Crippen molar-refractivity contribution >= 4 is 17.4 Å². The zero-order valence-corrected chi connectivity index (χ0v) is 15.2. The van der Waals surface area contributed by atoms with Gasteiger partial charge < -0.3 is 20.5 Å². The van der Waals surface area contributed by atoms with E-state index in [2.05, 4.69) is 15.0 Å². The standard InChI is InChI=1S/C20H16F3N3O3/c1-12-9-10-15(18(24)25-12)19(27)26-13-5-4-6-14(11-13)28-16-7-2-3-8-17(16)29-20(21,22)23/h2-11H,1H3,(H2,24,25)(H,26,27). The smallest absolute Gasteiger partial charge is 0.453 e. The molecule has 0 saturated heterocycles. The molecule has 3 rings (SSSR count). The normalized spacial score (nSPS) is 11.0. The number of aromatic nitrogens is 1. The molecular weight excluding hydrogens is 387 g/mol. The van der Waals surface area contributed by atoms with Crippen LogP contribution in [0.1, 0.15) is 16.1 Å². The molecule has 0 aliphatic carbocycles. The van der Waals surface area contributed by atoms with Crippen molar-refractivity contribution in [1.82, 2.24) is 4.98 Å². The second-order valence-corrected chi connectivity index (χ2v) is 5.96. The molecule has 6 nitrogen and oxygen atoms in total. The van der Waals surface area contributed by atoms with Gasteiger partial charge in [-0.1, -0.05) is 18.2 Å². The number of rotatable bonds is 5. The van der Waals surface area contributed by atoms with Gasteiger partial charge in [-0.15, -0.1) is 13.2 Å². The number of hydrogen-bond acceptors (Lipinski definition) is 5. The first-order valence-electron chi connectivity index (χ1n) is 8.38. The minimum absolute atomic E-state index is 0.0909. The van der Waals surface area contributed by atoms with Gasteiger partial charge in [0, 0.05) is 17.4 Å². The Morgan fingerprint density at radius 2 is 1.76 bits per heavy atom. The van der Waals surface area contributed by atoms with E-state index < -0.39 is 18.0 Å². The number of nitrogen functional groups attached to an aromatic ring is 1. The largest absolute Gasteiger partial charge is 0.573 e. The minimum Gasteiger partial charge on any atom is -0.453 e. The van der Waals surface area contributed by atoms with Crippen LogP contribution in [0.4, 0.5) is 24.7 Å². The summed E-state index contributed by atoms with van der Waals surface area (Å²) in [6.07, 6.45) is -4.85. The summed E-state index contributed by atoms with van der Waals surface area (Å²) in [4.78, 5) is 16.4. The van der Waals surface area contributed by atoms with Gasteiger partial charge in [0.15, 0.2) is 11.5 Å². The number of ether oxygens (including phenoxy) is 2. The fourth-order valence-corrected chi connectivity index (χ4v) is 2.48. The van der Waals surface area contributed by atoms with Gasteiger partial charge in [-0.3, -0.25) is 4.79 Å². The topological polar surface area (TPSA) is 86.5 Å². The number of aryl methyl sites for hydroxylation is 1. The number of pyridine rings is 1. The van der Waals surface area contributed by atoms with Crippen LogP contribution in [0.5, 0.6) is 17.2 Å². The lowest BCUT2D eigenvalue weighted by atomic mass is 10.2. The van der Waals surface area contributed by atoms with Crippen molar-refractivity contribution in [1.29, 1.82) is 0 Å². The number of benzene rings is 2. The van der Waals surface area contributed by atoms with Crippen LogP contribution in [-0.4, -0.2) is 17.3 Å². The number of hydrogen-bond donors (Lipinski definition) is 2. The molecule has 0 aliphatic heterocycles. The lowest BCUT2D eigenvalue weighted by molar-refractivity contribution is -0.275. The molecule has 150 valence electrons. The maximum atomic E-state index is 12.5. The molecule has 0 radical (unpaired) electrons. The van der Waals surface area contributed by atoms with Crippen molar-refractivity contribution < 1.29 is 27.4 Å². The van der Waals surface area contributed by atoms with Crippen molar-refractivity contribution in [3.05, 3.63) is 71.9 Å². The highest BCUT2D eigenvalue weighted by molar-refractivity contribution is 6.07. The monoisotopic (exact) mass is 403 g/mol. The fraction of sp³-hybridized carbons (Fsp3) is 0.100. The first-order valence-corrected chi connectivity index (χ1v) is 8.38. The predicted octanol–water partition coefficient (Wildman–Crippen LogP) is 4.92. The molecule has 0 unspecified atom stereocenters. The first kappa shape index (κ1) is 20.0. The molecule has 0 saturated carbocycles. The van der Waals surface area contributed by atoms with Crippen LogP contribution in [0.2, 0.25) is 0 Å². The van der Waals surface area contributed by atoms with Gasteiger partial charge in [0.1, 0.15) is 11.6 Å². The summed E-state index contributed by atoms with van der Waals surface area (Å²) >= 11 is 0. The molecule has 3 aromatic rings. The van der Waals surface area contributed by atoms with Crippen LogP contribution in [-0.2, 0) is 0 Å². The number of anilines is 2. The Hall–Kier alpha value is -3.75. The Labute approximate surface area is 164 Å². The van der Waals surface area contributed by atoms with E-state index in [0.29, 0.717) is 11.4 Å². The lowest BCUT2D eigenvalue weighted by Gasteiger charge is -2.14. The van der Waals surface area contributed by atoms with Gasteiger partial charge in [0.05, 0.1) is 5.56 Å². The Balaban J connectivity index is 1.78. The van der Waals surface area contributed by atoms with E-state index >= 15 is 0 Å². The van der Waals surface area contributed by atoms with Crippen LogP contribution in [0.25, 0.3) is 0 Å². The molecule has 0 atom stereocenters. The summed E-state index contributed by atoms with van der Waals surface area (Å²) in [5.74, 6) is -0.787. The van der Waals surface area contributed by atoms with Gasteiger partial charge in [-0.2, -0.15) is 0 Å². The van der Waals surface area contributed by atoms with Crippen LogP contribution >= 0.6 is 0 Å². The number of nitrogens with zero attached hydrogens (tertiary/aromatic N) is 1. The Morgan fingerprint density at radius 3 is 2.45 bits per heavy atom. The third-order valence-corrected chi connectivity index (χ3v) is 3.70. The highest BCUT2D eigenvalue weighted by atomic mass is 19.4. The van der Waals surface area contributed by atoms with Gasteiger partial charge in [-0.05, 0) is 43.3 Å². The molecule has 3 N–H and O–H groups in total. The third-order valence-electron chi connectivity index (χ3n) is 3.70. The van der Waals surface area contributed by atoms with Crippen molar-refractivity contribution in [2.45, 2.75) is 13.3 Å². The van der Waals surface area contributed by atoms with E-state index in [0.717, 1.165) is 6.07 Å². The van der Waals surface area contributed by atoms with E-state index in [1.807, 2.05) is 0 Å². The van der Waals surface area contributed by atoms with E-state index in [9.17, 15) is 18.0 Å². The maximum Gasteiger partial charge on any atom is 0.573 e. The number of nitrogens with two attached hydrogens (primary N) is 1. The van der Waals surface area contributed by atoms with Gasteiger partial charge in [0.25, 0.3) is 5.91 Å². The highest BCUT2D eigenvalue weighted by Crippen LogP contribution is 2.35. The van der Waals surface area contributed by atoms with Gasteiger partial charge in [0.2, 0.25) is 0 Å². The van der Waals surface area contributed by atoms with Crippen LogP contribution in [0, 0.1) is 6.92 Å². The molecule has 0 bridgehead atoms. The van der Waals surface area contributed by atoms with Crippen molar-refractivity contribution in [2.24, 2.45) is 0 Å². The van der Waals surface area contributed by atoms with E-state index in [4.69, 9.17) is 10.5 Å².